The molecule has 2 aromatic carbocycles. The predicted molar refractivity (Wildman–Crippen MR) is 97.2 cm³/mol. The van der Waals surface area contributed by atoms with Crippen molar-refractivity contribution in [3.8, 4) is 34.6 Å². The number of ether oxygens (including phenoxy) is 2. The minimum absolute atomic E-state index is 0.210. The van der Waals surface area contributed by atoms with Crippen LogP contribution in [-0.4, -0.2) is 29.4 Å². The van der Waals surface area contributed by atoms with Gasteiger partial charge in [0.1, 0.15) is 23.3 Å². The second-order valence-corrected chi connectivity index (χ2v) is 6.11. The Morgan fingerprint density at radius 1 is 1.12 bits per heavy atom. The molecule has 1 aromatic heterocycles. The summed E-state index contributed by atoms with van der Waals surface area (Å²) in [5.74, 6) is 2.10. The van der Waals surface area contributed by atoms with E-state index in [2.05, 4.69) is 21.6 Å². The maximum absolute atomic E-state index is 8.88. The molecule has 1 fully saturated rings. The van der Waals surface area contributed by atoms with Crippen molar-refractivity contribution in [1.29, 1.82) is 5.26 Å². The van der Waals surface area contributed by atoms with Crippen LogP contribution in [0.15, 0.2) is 54.7 Å². The minimum Gasteiger partial charge on any atom is -0.489 e. The van der Waals surface area contributed by atoms with Crippen LogP contribution in [0.4, 0.5) is 0 Å². The van der Waals surface area contributed by atoms with E-state index in [-0.39, 0.29) is 6.10 Å². The van der Waals surface area contributed by atoms with Crippen LogP contribution in [0.3, 0.4) is 0 Å². The van der Waals surface area contributed by atoms with Crippen molar-refractivity contribution in [1.82, 2.24) is 15.5 Å². The van der Waals surface area contributed by atoms with Gasteiger partial charge in [0.15, 0.2) is 5.75 Å². The molecule has 6 nitrogen and oxygen atoms in total. The van der Waals surface area contributed by atoms with Crippen molar-refractivity contribution < 1.29 is 9.47 Å². The van der Waals surface area contributed by atoms with Crippen LogP contribution in [0, 0.1) is 11.3 Å². The van der Waals surface area contributed by atoms with E-state index in [4.69, 9.17) is 14.7 Å². The molecular formula is C20H18N4O2. The molecule has 1 atom stereocenters. The summed E-state index contributed by atoms with van der Waals surface area (Å²) in [7, 11) is 0. The average Bonchev–Trinajstić information content (AvgIpc) is 3.35. The quantitative estimate of drug-likeness (QED) is 0.739. The summed E-state index contributed by atoms with van der Waals surface area (Å²) < 4.78 is 12.0. The average molecular weight is 346 g/mol. The van der Waals surface area contributed by atoms with Gasteiger partial charge in [-0.2, -0.15) is 10.4 Å². The zero-order valence-electron chi connectivity index (χ0n) is 14.1. The monoisotopic (exact) mass is 346 g/mol. The number of benzene rings is 2. The van der Waals surface area contributed by atoms with Gasteiger partial charge in [0.2, 0.25) is 0 Å². The van der Waals surface area contributed by atoms with Gasteiger partial charge in [-0.05, 0) is 49.4 Å². The Balaban J connectivity index is 1.55. The first-order valence-electron chi connectivity index (χ1n) is 8.51. The summed E-state index contributed by atoms with van der Waals surface area (Å²) in [4.78, 5) is 0. The highest BCUT2D eigenvalue weighted by Crippen LogP contribution is 2.33. The largest absolute Gasteiger partial charge is 0.489 e. The first-order valence-corrected chi connectivity index (χ1v) is 8.51. The van der Waals surface area contributed by atoms with Crippen LogP contribution in [0.5, 0.6) is 17.2 Å². The molecule has 130 valence electrons. The molecule has 1 saturated heterocycles. The summed E-state index contributed by atoms with van der Waals surface area (Å²) in [6.45, 7) is 1.87. The van der Waals surface area contributed by atoms with Crippen molar-refractivity contribution in [3.05, 3.63) is 60.3 Å². The molecule has 0 saturated carbocycles. The van der Waals surface area contributed by atoms with Crippen molar-refractivity contribution in [3.63, 3.8) is 0 Å². The van der Waals surface area contributed by atoms with E-state index in [0.29, 0.717) is 17.1 Å². The van der Waals surface area contributed by atoms with Gasteiger partial charge in [-0.25, -0.2) is 0 Å². The van der Waals surface area contributed by atoms with E-state index in [9.17, 15) is 0 Å². The van der Waals surface area contributed by atoms with Crippen LogP contribution in [-0.2, 0) is 0 Å². The molecule has 26 heavy (non-hydrogen) atoms. The van der Waals surface area contributed by atoms with Crippen LogP contribution in [0.2, 0.25) is 0 Å². The first kappa shape index (κ1) is 16.2. The molecule has 0 radical (unpaired) electrons. The van der Waals surface area contributed by atoms with E-state index in [0.717, 1.165) is 36.5 Å². The van der Waals surface area contributed by atoms with Gasteiger partial charge in [-0.3, -0.25) is 5.10 Å². The van der Waals surface area contributed by atoms with Gasteiger partial charge >= 0.3 is 0 Å². The molecular weight excluding hydrogens is 328 g/mol. The number of nitriles is 1. The topological polar surface area (TPSA) is 83.0 Å². The number of nitrogens with one attached hydrogen (secondary N) is 2. The molecule has 3 aromatic rings. The third kappa shape index (κ3) is 3.53. The zero-order valence-corrected chi connectivity index (χ0v) is 14.1. The van der Waals surface area contributed by atoms with Gasteiger partial charge in [0, 0.05) is 12.1 Å². The molecule has 1 aliphatic rings. The van der Waals surface area contributed by atoms with Gasteiger partial charge in [-0.1, -0.05) is 12.1 Å². The standard InChI is InChI=1S/C20H18N4O2/c21-11-14-4-6-16(7-5-14)26-19-13-23-24-20(19)15-2-1-3-17(10-15)25-18-8-9-22-12-18/h1-7,10,13,18,22H,8-9,12H2,(H,23,24)/t18-/m1/s1. The van der Waals surface area contributed by atoms with Crippen molar-refractivity contribution in [2.75, 3.05) is 13.1 Å². The number of H-pyrrole nitrogens is 1. The number of nitrogens with zero attached hydrogens (tertiary/aromatic N) is 2. The zero-order chi connectivity index (χ0) is 17.8. The van der Waals surface area contributed by atoms with Crippen molar-refractivity contribution in [2.24, 2.45) is 0 Å². The molecule has 6 heteroatoms. The number of aromatic amines is 1. The second-order valence-electron chi connectivity index (χ2n) is 6.11. The van der Waals surface area contributed by atoms with Crippen molar-refractivity contribution >= 4 is 0 Å². The molecule has 0 bridgehead atoms. The Morgan fingerprint density at radius 3 is 2.77 bits per heavy atom. The highest BCUT2D eigenvalue weighted by Gasteiger charge is 2.17. The molecule has 0 spiro atoms. The lowest BCUT2D eigenvalue weighted by molar-refractivity contribution is 0.223. The maximum atomic E-state index is 8.88. The number of rotatable bonds is 5. The van der Waals surface area contributed by atoms with Crippen molar-refractivity contribution in [2.45, 2.75) is 12.5 Å². The van der Waals surface area contributed by atoms with Gasteiger partial charge in [0.25, 0.3) is 0 Å². The Hall–Kier alpha value is -3.30. The number of hydrogen-bond donors (Lipinski definition) is 2. The highest BCUT2D eigenvalue weighted by molar-refractivity contribution is 5.67. The summed E-state index contributed by atoms with van der Waals surface area (Å²) in [5, 5.41) is 19.3. The Kier molecular flexibility index (Phi) is 4.54. The fourth-order valence-corrected chi connectivity index (χ4v) is 2.93. The van der Waals surface area contributed by atoms with Gasteiger partial charge < -0.3 is 14.8 Å². The SMILES string of the molecule is N#Cc1ccc(Oc2cn[nH]c2-c2cccc(O[C@@H]3CCNC3)c2)cc1. The summed E-state index contributed by atoms with van der Waals surface area (Å²) >= 11 is 0. The lowest BCUT2D eigenvalue weighted by atomic mass is 10.1. The third-order valence-corrected chi connectivity index (χ3v) is 4.26. The van der Waals surface area contributed by atoms with Crippen LogP contribution < -0.4 is 14.8 Å². The van der Waals surface area contributed by atoms with Crippen LogP contribution >= 0.6 is 0 Å². The van der Waals surface area contributed by atoms with E-state index in [1.165, 1.54) is 0 Å². The lowest BCUT2D eigenvalue weighted by Gasteiger charge is -2.13. The Labute approximate surface area is 151 Å². The summed E-state index contributed by atoms with van der Waals surface area (Å²) in [6, 6.07) is 17.0. The normalized spacial score (nSPS) is 16.2. The number of aromatic nitrogens is 2. The maximum Gasteiger partial charge on any atom is 0.172 e. The molecule has 2 heterocycles. The molecule has 0 aliphatic carbocycles. The third-order valence-electron chi connectivity index (χ3n) is 4.26. The lowest BCUT2D eigenvalue weighted by Crippen LogP contribution is -2.19. The molecule has 1 aliphatic heterocycles. The van der Waals surface area contributed by atoms with E-state index >= 15 is 0 Å². The summed E-state index contributed by atoms with van der Waals surface area (Å²) in [5.41, 5.74) is 2.31. The van der Waals surface area contributed by atoms with E-state index in [1.807, 2.05) is 24.3 Å². The molecule has 0 unspecified atom stereocenters. The second kappa shape index (κ2) is 7.30. The van der Waals surface area contributed by atoms with E-state index < -0.39 is 0 Å². The smallest absolute Gasteiger partial charge is 0.172 e. The highest BCUT2D eigenvalue weighted by atomic mass is 16.5. The van der Waals surface area contributed by atoms with Gasteiger partial charge in [-0.15, -0.1) is 0 Å². The van der Waals surface area contributed by atoms with Gasteiger partial charge in [0.05, 0.1) is 17.8 Å². The van der Waals surface area contributed by atoms with Crippen LogP contribution in [0.1, 0.15) is 12.0 Å². The number of hydrogen-bond acceptors (Lipinski definition) is 5. The molecule has 2 N–H and O–H groups in total. The fourth-order valence-electron chi connectivity index (χ4n) is 2.93. The fraction of sp³-hybridized carbons (Fsp3) is 0.200. The Bertz CT molecular complexity index is 921. The molecule has 0 amide bonds. The Morgan fingerprint density at radius 2 is 2.00 bits per heavy atom. The van der Waals surface area contributed by atoms with Crippen LogP contribution in [0.25, 0.3) is 11.3 Å². The summed E-state index contributed by atoms with van der Waals surface area (Å²) in [6.07, 6.45) is 2.87. The minimum atomic E-state index is 0.210. The first-order chi connectivity index (χ1) is 12.8. The predicted octanol–water partition coefficient (Wildman–Crippen LogP) is 3.48. The van der Waals surface area contributed by atoms with E-state index in [1.54, 1.807) is 30.5 Å². The molecule has 4 rings (SSSR count).